The van der Waals surface area contributed by atoms with Crippen molar-refractivity contribution in [3.05, 3.63) is 59.7 Å². The number of carbonyl (C=O) groups is 1. The van der Waals surface area contributed by atoms with Gasteiger partial charge in [-0.15, -0.1) is 0 Å². The Hall–Kier alpha value is -2.86. The summed E-state index contributed by atoms with van der Waals surface area (Å²) in [7, 11) is -2.16. The number of ether oxygens (including phenoxy) is 1. The van der Waals surface area contributed by atoms with Gasteiger partial charge in [-0.1, -0.05) is 37.0 Å². The van der Waals surface area contributed by atoms with E-state index < -0.39 is 22.2 Å². The highest BCUT2D eigenvalue weighted by atomic mass is 32.2. The van der Waals surface area contributed by atoms with E-state index in [4.69, 9.17) is 4.74 Å². The highest BCUT2D eigenvalue weighted by molar-refractivity contribution is 7.89. The van der Waals surface area contributed by atoms with Gasteiger partial charge in [-0.2, -0.15) is 4.31 Å². The number of sulfonamides is 1. The van der Waals surface area contributed by atoms with Crippen LogP contribution in [0, 0.1) is 23.7 Å². The molecule has 7 nitrogen and oxygen atoms in total. The maximum atomic E-state index is 13.6. The van der Waals surface area contributed by atoms with Gasteiger partial charge in [0, 0.05) is 42.6 Å². The molecule has 0 unspecified atom stereocenters. The zero-order valence-electron chi connectivity index (χ0n) is 20.3. The molecule has 186 valence electrons. The first-order chi connectivity index (χ1) is 16.7. The largest absolute Gasteiger partial charge is 0.487 e. The third-order valence-electron chi connectivity index (χ3n) is 6.55. The summed E-state index contributed by atoms with van der Waals surface area (Å²) in [6.07, 6.45) is 1.40. The van der Waals surface area contributed by atoms with Gasteiger partial charge in [-0.05, 0) is 50.1 Å². The minimum Gasteiger partial charge on any atom is -0.487 e. The van der Waals surface area contributed by atoms with Crippen molar-refractivity contribution < 1.29 is 23.1 Å². The van der Waals surface area contributed by atoms with E-state index in [2.05, 4.69) is 11.8 Å². The average molecular weight is 497 g/mol. The number of likely N-dealkylation sites (N-methyl/N-ethyl adjacent to an activating group) is 1. The average Bonchev–Trinajstić information content (AvgIpc) is 3.70. The molecule has 35 heavy (non-hydrogen) atoms. The lowest BCUT2D eigenvalue weighted by molar-refractivity contribution is -0.132. The van der Waals surface area contributed by atoms with Crippen LogP contribution in [-0.4, -0.2) is 67.5 Å². The molecule has 1 N–H and O–H groups in total. The van der Waals surface area contributed by atoms with Crippen molar-refractivity contribution in [2.24, 2.45) is 11.8 Å². The van der Waals surface area contributed by atoms with E-state index in [1.807, 2.05) is 37.3 Å². The molecular formula is C27H32N2O5S. The normalized spacial score (nSPS) is 22.4. The lowest BCUT2D eigenvalue weighted by Crippen LogP contribution is -2.50. The van der Waals surface area contributed by atoms with Gasteiger partial charge in [0.05, 0.1) is 13.2 Å². The molecule has 1 aliphatic carbocycles. The molecule has 8 heteroatoms. The van der Waals surface area contributed by atoms with E-state index in [0.717, 1.165) is 18.4 Å². The SMILES string of the molecule is C[C@H]1CN([C@@H](C)CO)S(=O)(=O)c2ccc(C#Cc3ccccc3)cc2O[C@@H]1CN(C)C(=O)C1CC1. The number of carbonyl (C=O) groups excluding carboxylic acids is 1. The van der Waals surface area contributed by atoms with Crippen LogP contribution in [0.2, 0.25) is 0 Å². The summed E-state index contributed by atoms with van der Waals surface area (Å²) >= 11 is 0. The van der Waals surface area contributed by atoms with Gasteiger partial charge in [0.25, 0.3) is 0 Å². The van der Waals surface area contributed by atoms with Crippen LogP contribution in [0.25, 0.3) is 0 Å². The first kappa shape index (κ1) is 25.2. The van der Waals surface area contributed by atoms with Crippen molar-refractivity contribution in [2.45, 2.75) is 43.7 Å². The zero-order valence-corrected chi connectivity index (χ0v) is 21.2. The van der Waals surface area contributed by atoms with Crippen LogP contribution in [0.5, 0.6) is 5.75 Å². The maximum Gasteiger partial charge on any atom is 0.247 e. The Bertz CT molecular complexity index is 1230. The third kappa shape index (κ3) is 5.69. The fourth-order valence-electron chi connectivity index (χ4n) is 4.19. The molecule has 1 amide bonds. The molecule has 2 aromatic carbocycles. The van der Waals surface area contributed by atoms with Gasteiger partial charge in [0.15, 0.2) is 0 Å². The number of nitrogens with zero attached hydrogens (tertiary/aromatic N) is 2. The summed E-state index contributed by atoms with van der Waals surface area (Å²) in [5, 5.41) is 9.78. The van der Waals surface area contributed by atoms with Crippen LogP contribution < -0.4 is 4.74 Å². The molecule has 0 radical (unpaired) electrons. The Morgan fingerprint density at radius 2 is 1.86 bits per heavy atom. The van der Waals surface area contributed by atoms with E-state index in [9.17, 15) is 18.3 Å². The minimum absolute atomic E-state index is 0.0381. The van der Waals surface area contributed by atoms with Crippen LogP contribution in [0.1, 0.15) is 37.8 Å². The number of fused-ring (bicyclic) bond motifs is 1. The van der Waals surface area contributed by atoms with Gasteiger partial charge >= 0.3 is 0 Å². The monoisotopic (exact) mass is 496 g/mol. The van der Waals surface area contributed by atoms with Gasteiger partial charge < -0.3 is 14.7 Å². The van der Waals surface area contributed by atoms with Crippen molar-refractivity contribution in [1.29, 1.82) is 0 Å². The van der Waals surface area contributed by atoms with E-state index in [0.29, 0.717) is 12.1 Å². The quantitative estimate of drug-likeness (QED) is 0.644. The Morgan fingerprint density at radius 3 is 2.51 bits per heavy atom. The number of amides is 1. The second-order valence-electron chi connectivity index (χ2n) is 9.51. The van der Waals surface area contributed by atoms with Crippen molar-refractivity contribution in [1.82, 2.24) is 9.21 Å². The van der Waals surface area contributed by atoms with Crippen LogP contribution in [-0.2, 0) is 14.8 Å². The van der Waals surface area contributed by atoms with Crippen molar-refractivity contribution in [2.75, 3.05) is 26.7 Å². The molecule has 2 aromatic rings. The van der Waals surface area contributed by atoms with E-state index in [1.54, 1.807) is 31.0 Å². The van der Waals surface area contributed by atoms with Gasteiger partial charge in [0.2, 0.25) is 15.9 Å². The molecule has 0 saturated heterocycles. The molecular weight excluding hydrogens is 464 g/mol. The van der Waals surface area contributed by atoms with Gasteiger partial charge in [0.1, 0.15) is 16.7 Å². The smallest absolute Gasteiger partial charge is 0.247 e. The Balaban J connectivity index is 1.72. The summed E-state index contributed by atoms with van der Waals surface area (Å²) in [6, 6.07) is 13.8. The predicted octanol–water partition coefficient (Wildman–Crippen LogP) is 2.72. The number of aliphatic hydroxyl groups excluding tert-OH is 1. The molecule has 4 rings (SSSR count). The number of aliphatic hydroxyl groups is 1. The number of rotatable bonds is 5. The summed E-state index contributed by atoms with van der Waals surface area (Å²) < 4.78 is 34.8. The van der Waals surface area contributed by atoms with Crippen LogP contribution in [0.4, 0.5) is 0 Å². The molecule has 0 aromatic heterocycles. The fraction of sp³-hybridized carbons (Fsp3) is 0.444. The summed E-state index contributed by atoms with van der Waals surface area (Å²) in [6.45, 7) is 3.82. The summed E-state index contributed by atoms with van der Waals surface area (Å²) in [5.41, 5.74) is 1.47. The first-order valence-corrected chi connectivity index (χ1v) is 13.4. The Morgan fingerprint density at radius 1 is 1.17 bits per heavy atom. The summed E-state index contributed by atoms with van der Waals surface area (Å²) in [5.74, 6) is 6.34. The van der Waals surface area contributed by atoms with Crippen molar-refractivity contribution in [3.8, 4) is 17.6 Å². The number of hydrogen-bond donors (Lipinski definition) is 1. The molecule has 1 aliphatic heterocycles. The van der Waals surface area contributed by atoms with Crippen molar-refractivity contribution >= 4 is 15.9 Å². The topological polar surface area (TPSA) is 87.2 Å². The third-order valence-corrected chi connectivity index (χ3v) is 8.57. The first-order valence-electron chi connectivity index (χ1n) is 12.0. The standard InChI is InChI=1S/C27H32N2O5S/c1-19-16-29(20(2)18-30)35(32,33)26-14-11-22(10-9-21-7-5-4-6-8-21)15-24(26)34-25(19)17-28(3)27(31)23-12-13-23/h4-8,11,14-15,19-20,23,25,30H,12-13,16-18H2,1-3H3/t19-,20-,25+/m0/s1. The fourth-order valence-corrected chi connectivity index (χ4v) is 6.01. The molecule has 2 aliphatic rings. The van der Waals surface area contributed by atoms with Gasteiger partial charge in [-0.3, -0.25) is 4.79 Å². The van der Waals surface area contributed by atoms with Crippen LogP contribution >= 0.6 is 0 Å². The van der Waals surface area contributed by atoms with E-state index in [1.165, 1.54) is 10.4 Å². The Kier molecular flexibility index (Phi) is 7.50. The maximum absolute atomic E-state index is 13.6. The van der Waals surface area contributed by atoms with E-state index in [-0.39, 0.29) is 41.5 Å². The lowest BCUT2D eigenvalue weighted by Gasteiger charge is -2.37. The number of benzene rings is 2. The molecule has 0 spiro atoms. The highest BCUT2D eigenvalue weighted by Gasteiger charge is 2.39. The molecule has 3 atom stereocenters. The highest BCUT2D eigenvalue weighted by Crippen LogP contribution is 2.35. The second kappa shape index (κ2) is 10.4. The van der Waals surface area contributed by atoms with Gasteiger partial charge in [-0.25, -0.2) is 8.42 Å². The predicted molar refractivity (Wildman–Crippen MR) is 133 cm³/mol. The van der Waals surface area contributed by atoms with Crippen LogP contribution in [0.15, 0.2) is 53.4 Å². The molecule has 1 saturated carbocycles. The van der Waals surface area contributed by atoms with E-state index >= 15 is 0 Å². The second-order valence-corrected chi connectivity index (χ2v) is 11.4. The van der Waals surface area contributed by atoms with Crippen LogP contribution in [0.3, 0.4) is 0 Å². The Labute approximate surface area is 207 Å². The zero-order chi connectivity index (χ0) is 25.2. The molecule has 1 fully saturated rings. The number of hydrogen-bond acceptors (Lipinski definition) is 5. The lowest BCUT2D eigenvalue weighted by atomic mass is 10.0. The molecule has 1 heterocycles. The minimum atomic E-state index is -3.92. The summed E-state index contributed by atoms with van der Waals surface area (Å²) in [4.78, 5) is 14.3. The van der Waals surface area contributed by atoms with Crippen molar-refractivity contribution in [3.63, 3.8) is 0 Å². The molecule has 0 bridgehead atoms.